The van der Waals surface area contributed by atoms with E-state index in [9.17, 15) is 0 Å². The molecule has 0 saturated heterocycles. The quantitative estimate of drug-likeness (QED) is 0.173. The highest BCUT2D eigenvalue weighted by atomic mass is 16.3. The van der Waals surface area contributed by atoms with Gasteiger partial charge in [0.25, 0.3) is 0 Å². The number of aromatic nitrogens is 1. The lowest BCUT2D eigenvalue weighted by molar-refractivity contribution is 0.672. The van der Waals surface area contributed by atoms with Crippen LogP contribution in [0.15, 0.2) is 257 Å². The molecule has 14 rings (SSSR count). The fraction of sp³-hybridized carbons (Fsp3) is 0.0154. The third-order valence-corrected chi connectivity index (χ3v) is 14.0. The summed E-state index contributed by atoms with van der Waals surface area (Å²) in [5, 5.41) is 12.9. The van der Waals surface area contributed by atoms with Gasteiger partial charge in [0, 0.05) is 43.7 Å². The van der Waals surface area contributed by atoms with E-state index in [1.165, 1.54) is 32.7 Å². The van der Waals surface area contributed by atoms with Crippen LogP contribution in [-0.4, -0.2) is 16.2 Å². The van der Waals surface area contributed by atoms with Crippen LogP contribution in [0.3, 0.4) is 0 Å². The molecule has 0 fully saturated rings. The molecule has 1 unspecified atom stereocenters. The molecule has 13 aromatic rings. The number of nitrogens with zero attached hydrogens (tertiary/aromatic N) is 3. The minimum absolute atomic E-state index is 0.390. The first-order valence-electron chi connectivity index (χ1n) is 23.8. The van der Waals surface area contributed by atoms with Crippen molar-refractivity contribution < 1.29 is 4.42 Å². The van der Waals surface area contributed by atoms with Crippen LogP contribution >= 0.6 is 0 Å². The van der Waals surface area contributed by atoms with Crippen LogP contribution in [0.4, 0.5) is 0 Å². The summed E-state index contributed by atoms with van der Waals surface area (Å²) >= 11 is 0. The van der Waals surface area contributed by atoms with Crippen LogP contribution in [-0.2, 0) is 0 Å². The Morgan fingerprint density at radius 3 is 1.73 bits per heavy atom. The summed E-state index contributed by atoms with van der Waals surface area (Å²) in [5.74, 6) is 1.40. The Morgan fingerprint density at radius 1 is 0.400 bits per heavy atom. The first-order chi connectivity index (χ1) is 34.7. The summed E-state index contributed by atoms with van der Waals surface area (Å²) in [6.07, 6.45) is -0.390. The number of amidine groups is 2. The summed E-state index contributed by atoms with van der Waals surface area (Å²) in [5.41, 5.74) is 14.7. The highest BCUT2D eigenvalue weighted by molar-refractivity contribution is 6.24. The number of furan rings is 1. The maximum absolute atomic E-state index is 6.82. The Balaban J connectivity index is 0.985. The van der Waals surface area contributed by atoms with E-state index in [-0.39, 0.29) is 0 Å². The Bertz CT molecular complexity index is 4240. The van der Waals surface area contributed by atoms with Gasteiger partial charge >= 0.3 is 0 Å². The first-order valence-corrected chi connectivity index (χ1v) is 23.8. The number of benzene rings is 11. The van der Waals surface area contributed by atoms with Gasteiger partial charge < -0.3 is 14.3 Å². The molecule has 0 bridgehead atoms. The predicted molar refractivity (Wildman–Crippen MR) is 291 cm³/mol. The lowest BCUT2D eigenvalue weighted by atomic mass is 9.91. The molecular weight excluding hydrogens is 853 g/mol. The van der Waals surface area contributed by atoms with E-state index in [1.54, 1.807) is 0 Å². The molecule has 5 heteroatoms. The van der Waals surface area contributed by atoms with E-state index in [2.05, 4.69) is 240 Å². The van der Waals surface area contributed by atoms with Crippen molar-refractivity contribution in [3.63, 3.8) is 0 Å². The highest BCUT2D eigenvalue weighted by Gasteiger charge is 2.26. The van der Waals surface area contributed by atoms with E-state index in [4.69, 9.17) is 14.4 Å². The van der Waals surface area contributed by atoms with Gasteiger partial charge in [-0.25, -0.2) is 9.98 Å². The molecule has 11 aromatic carbocycles. The van der Waals surface area contributed by atoms with Gasteiger partial charge in [0.15, 0.2) is 5.84 Å². The number of hydrogen-bond donors (Lipinski definition) is 1. The zero-order valence-corrected chi connectivity index (χ0v) is 37.9. The van der Waals surface area contributed by atoms with Gasteiger partial charge in [-0.3, -0.25) is 0 Å². The van der Waals surface area contributed by atoms with Gasteiger partial charge in [0.1, 0.15) is 23.2 Å². The Morgan fingerprint density at radius 2 is 0.986 bits per heavy atom. The topological polar surface area (TPSA) is 54.8 Å². The van der Waals surface area contributed by atoms with E-state index in [0.29, 0.717) is 5.84 Å². The second-order valence-electron chi connectivity index (χ2n) is 18.1. The van der Waals surface area contributed by atoms with E-state index >= 15 is 0 Å². The van der Waals surface area contributed by atoms with Crippen LogP contribution in [0.1, 0.15) is 22.9 Å². The first kappa shape index (κ1) is 39.8. The predicted octanol–water partition coefficient (Wildman–Crippen LogP) is 16.5. The van der Waals surface area contributed by atoms with Crippen molar-refractivity contribution in [1.29, 1.82) is 0 Å². The Labute approximate surface area is 404 Å². The Kier molecular flexibility index (Phi) is 9.20. The fourth-order valence-electron chi connectivity index (χ4n) is 10.6. The molecule has 1 N–H and O–H groups in total. The summed E-state index contributed by atoms with van der Waals surface area (Å²) in [4.78, 5) is 11.0. The monoisotopic (exact) mass is 894 g/mol. The van der Waals surface area contributed by atoms with Crippen LogP contribution in [0.25, 0.3) is 104 Å². The SMILES string of the molecule is c1ccc(-c2ccc(-c3ccc(C4=NC(c5ccc(-n6c7ccccc7c7cc8ccccc8cc76)cc5-c5cc6ccccc6c6oc7ccccc7c56)=NC(c5ccccc5)N4)cc3)cc2)cc1. The molecular formula is C65H42N4O. The van der Waals surface area contributed by atoms with E-state index < -0.39 is 6.17 Å². The number of nitrogens with one attached hydrogen (secondary N) is 1. The average Bonchev–Trinajstić information content (AvgIpc) is 3.99. The van der Waals surface area contributed by atoms with Gasteiger partial charge in [-0.1, -0.05) is 194 Å². The second kappa shape index (κ2) is 16.2. The maximum atomic E-state index is 6.82. The second-order valence-corrected chi connectivity index (χ2v) is 18.1. The van der Waals surface area contributed by atoms with Crippen molar-refractivity contribution in [1.82, 2.24) is 9.88 Å². The van der Waals surface area contributed by atoms with Crippen LogP contribution in [0.2, 0.25) is 0 Å². The molecule has 5 nitrogen and oxygen atoms in total. The number of aliphatic imine (C=N–C) groups is 2. The third kappa shape index (κ3) is 6.62. The lowest BCUT2D eigenvalue weighted by Gasteiger charge is -2.25. The van der Waals surface area contributed by atoms with Crippen molar-refractivity contribution >= 4 is 77.0 Å². The molecule has 0 radical (unpaired) electrons. The van der Waals surface area contributed by atoms with Crippen molar-refractivity contribution in [2.24, 2.45) is 9.98 Å². The number of para-hydroxylation sites is 2. The minimum Gasteiger partial charge on any atom is -0.455 e. The number of fused-ring (bicyclic) bond motifs is 9. The molecule has 0 spiro atoms. The summed E-state index contributed by atoms with van der Waals surface area (Å²) in [6.45, 7) is 0. The summed E-state index contributed by atoms with van der Waals surface area (Å²) < 4.78 is 9.23. The van der Waals surface area contributed by atoms with Crippen LogP contribution in [0.5, 0.6) is 0 Å². The van der Waals surface area contributed by atoms with Gasteiger partial charge in [-0.15, -0.1) is 0 Å². The lowest BCUT2D eigenvalue weighted by Crippen LogP contribution is -2.33. The molecule has 3 heterocycles. The van der Waals surface area contributed by atoms with Gasteiger partial charge in [-0.2, -0.15) is 0 Å². The van der Waals surface area contributed by atoms with Gasteiger partial charge in [0.05, 0.1) is 11.0 Å². The van der Waals surface area contributed by atoms with Crippen LogP contribution in [0, 0.1) is 0 Å². The zero-order valence-electron chi connectivity index (χ0n) is 37.9. The Hall–Kier alpha value is -9.32. The molecule has 2 aromatic heterocycles. The fourth-order valence-corrected chi connectivity index (χ4v) is 10.6. The molecule has 1 aliphatic heterocycles. The normalized spacial score (nSPS) is 13.9. The van der Waals surface area contributed by atoms with Crippen molar-refractivity contribution in [3.05, 3.63) is 259 Å². The molecule has 0 saturated carbocycles. The minimum atomic E-state index is -0.390. The molecule has 328 valence electrons. The standard InChI is InChI=1S/C65H42N4O/c1-3-15-41(16-4-1)42-27-29-43(30-28-42)44-31-33-46(34-32-44)64-66-63(45-17-5-2-6-18-45)67-65(68-64)53-36-35-50(69-58-25-13-11-23-52(58)56-37-47-19-7-8-20-48(47)39-59(56)69)40-55(53)57-38-49-21-9-10-22-51(49)62-61(57)54-24-12-14-26-60(54)70-62/h1-40,63H,(H,66,67,68). The molecule has 0 aliphatic carbocycles. The average molecular weight is 895 g/mol. The maximum Gasteiger partial charge on any atom is 0.160 e. The zero-order chi connectivity index (χ0) is 46.1. The number of rotatable bonds is 7. The smallest absolute Gasteiger partial charge is 0.160 e. The van der Waals surface area contributed by atoms with E-state index in [1.807, 2.05) is 12.1 Å². The molecule has 1 atom stereocenters. The van der Waals surface area contributed by atoms with Gasteiger partial charge in [-0.05, 0) is 104 Å². The summed E-state index contributed by atoms with van der Waals surface area (Å²) in [7, 11) is 0. The summed E-state index contributed by atoms with van der Waals surface area (Å²) in [6, 6.07) is 86.5. The third-order valence-electron chi connectivity index (χ3n) is 14.0. The van der Waals surface area contributed by atoms with Crippen molar-refractivity contribution in [3.8, 4) is 39.1 Å². The van der Waals surface area contributed by atoms with Crippen molar-refractivity contribution in [2.75, 3.05) is 0 Å². The molecule has 0 amide bonds. The largest absolute Gasteiger partial charge is 0.455 e. The highest BCUT2D eigenvalue weighted by Crippen LogP contribution is 2.44. The number of hydrogen-bond acceptors (Lipinski definition) is 4. The van der Waals surface area contributed by atoms with Crippen LogP contribution < -0.4 is 5.32 Å². The van der Waals surface area contributed by atoms with Gasteiger partial charge in [0.2, 0.25) is 0 Å². The van der Waals surface area contributed by atoms with E-state index in [0.717, 1.165) is 94.2 Å². The van der Waals surface area contributed by atoms with Crippen molar-refractivity contribution in [2.45, 2.75) is 6.17 Å². The molecule has 70 heavy (non-hydrogen) atoms. The molecule has 1 aliphatic rings.